The molecule has 28 heavy (non-hydrogen) atoms. The summed E-state index contributed by atoms with van der Waals surface area (Å²) < 4.78 is 4.96. The zero-order chi connectivity index (χ0) is 20.6. The maximum absolute atomic E-state index is 12.6. The maximum atomic E-state index is 12.6. The minimum Gasteiger partial charge on any atom is -0.360 e. The van der Waals surface area contributed by atoms with Gasteiger partial charge >= 0.3 is 0 Å². The van der Waals surface area contributed by atoms with E-state index in [2.05, 4.69) is 24.3 Å². The second-order valence-corrected chi connectivity index (χ2v) is 7.62. The van der Waals surface area contributed by atoms with Crippen molar-refractivity contribution in [3.05, 3.63) is 11.8 Å². The number of rotatable bonds is 16. The number of amides is 2. The first kappa shape index (κ1) is 24.2. The Morgan fingerprint density at radius 2 is 1.57 bits per heavy atom. The molecule has 0 fully saturated rings. The number of unbranched alkanes of at least 4 members (excludes halogenated alkanes) is 9. The van der Waals surface area contributed by atoms with Crippen LogP contribution >= 0.6 is 0 Å². The molecule has 6 heteroatoms. The minimum atomic E-state index is -0.225. The molecule has 0 saturated carbocycles. The summed E-state index contributed by atoms with van der Waals surface area (Å²) in [5.41, 5.74) is 0. The van der Waals surface area contributed by atoms with Crippen molar-refractivity contribution in [2.45, 2.75) is 97.8 Å². The van der Waals surface area contributed by atoms with Crippen molar-refractivity contribution in [3.63, 3.8) is 0 Å². The summed E-state index contributed by atoms with van der Waals surface area (Å²) in [6.07, 6.45) is 13.1. The van der Waals surface area contributed by atoms with Crippen molar-refractivity contribution in [1.82, 2.24) is 10.1 Å². The fourth-order valence-electron chi connectivity index (χ4n) is 3.19. The van der Waals surface area contributed by atoms with E-state index in [1.165, 1.54) is 32.1 Å². The molecule has 1 aromatic heterocycles. The Hall–Kier alpha value is -1.85. The molecule has 6 nitrogen and oxygen atoms in total. The molecule has 0 radical (unpaired) electrons. The third-order valence-electron chi connectivity index (χ3n) is 4.86. The Balaban J connectivity index is 2.41. The lowest BCUT2D eigenvalue weighted by Crippen LogP contribution is -2.38. The highest BCUT2D eigenvalue weighted by Gasteiger charge is 2.17. The lowest BCUT2D eigenvalue weighted by Gasteiger charge is -2.22. The number of nitrogens with zero attached hydrogens (tertiary/aromatic N) is 2. The second kappa shape index (κ2) is 15.1. The summed E-state index contributed by atoms with van der Waals surface area (Å²) >= 11 is 0. The normalized spacial score (nSPS) is 10.8. The van der Waals surface area contributed by atoms with Crippen molar-refractivity contribution in [3.8, 4) is 0 Å². The Morgan fingerprint density at radius 1 is 0.964 bits per heavy atom. The molecule has 2 amide bonds. The molecule has 0 aliphatic carbocycles. The van der Waals surface area contributed by atoms with E-state index in [9.17, 15) is 9.59 Å². The molecule has 160 valence electrons. The van der Waals surface area contributed by atoms with Crippen LogP contribution in [0.3, 0.4) is 0 Å². The number of carbonyl (C=O) groups is 2. The molecule has 1 heterocycles. The average Bonchev–Trinajstić information content (AvgIpc) is 3.07. The van der Waals surface area contributed by atoms with Crippen LogP contribution in [0, 0.1) is 6.92 Å². The second-order valence-electron chi connectivity index (χ2n) is 7.62. The molecular weight excluding hydrogens is 354 g/mol. The van der Waals surface area contributed by atoms with Gasteiger partial charge in [-0.2, -0.15) is 0 Å². The third-order valence-corrected chi connectivity index (χ3v) is 4.86. The van der Waals surface area contributed by atoms with Crippen LogP contribution < -0.4 is 5.32 Å². The van der Waals surface area contributed by atoms with Crippen molar-refractivity contribution in [1.29, 1.82) is 0 Å². The molecule has 0 unspecified atom stereocenters. The average molecular weight is 394 g/mol. The molecule has 1 aromatic rings. The Bertz CT molecular complexity index is 557. The first-order valence-electron chi connectivity index (χ1n) is 11.1. The molecule has 0 aromatic carbocycles. The highest BCUT2D eigenvalue weighted by atomic mass is 16.5. The first-order valence-corrected chi connectivity index (χ1v) is 11.1. The lowest BCUT2D eigenvalue weighted by molar-refractivity contribution is -0.134. The molecule has 0 saturated heterocycles. The quantitative estimate of drug-likeness (QED) is 0.378. The van der Waals surface area contributed by atoms with Crippen molar-refractivity contribution < 1.29 is 14.1 Å². The van der Waals surface area contributed by atoms with E-state index in [0.29, 0.717) is 24.5 Å². The van der Waals surface area contributed by atoms with Gasteiger partial charge in [0.15, 0.2) is 5.82 Å². The van der Waals surface area contributed by atoms with E-state index in [1.54, 1.807) is 17.9 Å². The van der Waals surface area contributed by atoms with Gasteiger partial charge in [-0.1, -0.05) is 76.8 Å². The number of anilines is 1. The van der Waals surface area contributed by atoms with Gasteiger partial charge in [-0.25, -0.2) is 0 Å². The van der Waals surface area contributed by atoms with Gasteiger partial charge in [-0.05, 0) is 19.8 Å². The number of aryl methyl sites for hydroxylation is 1. The van der Waals surface area contributed by atoms with Gasteiger partial charge in [-0.15, -0.1) is 0 Å². The first-order chi connectivity index (χ1) is 13.6. The smallest absolute Gasteiger partial charge is 0.245 e. The summed E-state index contributed by atoms with van der Waals surface area (Å²) in [5, 5.41) is 6.48. The van der Waals surface area contributed by atoms with Crippen LogP contribution in [0.25, 0.3) is 0 Å². The third kappa shape index (κ3) is 11.1. The highest BCUT2D eigenvalue weighted by Crippen LogP contribution is 2.11. The Labute approximate surface area is 170 Å². The Morgan fingerprint density at radius 3 is 2.18 bits per heavy atom. The lowest BCUT2D eigenvalue weighted by atomic mass is 10.1. The summed E-state index contributed by atoms with van der Waals surface area (Å²) in [6, 6.07) is 1.67. The van der Waals surface area contributed by atoms with Crippen LogP contribution in [0.5, 0.6) is 0 Å². The van der Waals surface area contributed by atoms with E-state index >= 15 is 0 Å². The monoisotopic (exact) mass is 393 g/mol. The van der Waals surface area contributed by atoms with Crippen LogP contribution in [-0.4, -0.2) is 35.0 Å². The van der Waals surface area contributed by atoms with Gasteiger partial charge in [-0.3, -0.25) is 9.59 Å². The molecule has 0 aliphatic rings. The molecular formula is C22H39N3O3. The molecule has 1 rings (SSSR count). The van der Waals surface area contributed by atoms with Gasteiger partial charge < -0.3 is 14.7 Å². The van der Waals surface area contributed by atoms with Crippen LogP contribution in [0.2, 0.25) is 0 Å². The van der Waals surface area contributed by atoms with Crippen LogP contribution in [0.15, 0.2) is 10.6 Å². The summed E-state index contributed by atoms with van der Waals surface area (Å²) in [4.78, 5) is 26.7. The van der Waals surface area contributed by atoms with Crippen LogP contribution in [0.1, 0.15) is 96.7 Å². The fraction of sp³-hybridized carbons (Fsp3) is 0.773. The summed E-state index contributed by atoms with van der Waals surface area (Å²) in [7, 11) is 0. The van der Waals surface area contributed by atoms with Crippen LogP contribution in [0.4, 0.5) is 5.82 Å². The Kier molecular flexibility index (Phi) is 13.1. The zero-order valence-electron chi connectivity index (χ0n) is 18.1. The number of hydrogen-bond acceptors (Lipinski definition) is 4. The van der Waals surface area contributed by atoms with Crippen molar-refractivity contribution in [2.75, 3.05) is 18.4 Å². The molecule has 0 spiro atoms. The standard InChI is InChI=1S/C22H39N3O3/c1-4-6-8-10-11-12-13-15-22(27)25(16-14-9-7-5-2)18-21(26)23-20-17-19(3)28-24-20/h17H,4-16,18H2,1-3H3,(H,23,24,26). The van der Waals surface area contributed by atoms with Gasteiger partial charge in [0, 0.05) is 19.0 Å². The van der Waals surface area contributed by atoms with E-state index in [0.717, 1.165) is 38.5 Å². The highest BCUT2D eigenvalue weighted by molar-refractivity contribution is 5.93. The number of nitrogens with one attached hydrogen (secondary N) is 1. The van der Waals surface area contributed by atoms with Gasteiger partial charge in [0.05, 0.1) is 6.54 Å². The summed E-state index contributed by atoms with van der Waals surface area (Å²) in [6.45, 7) is 6.87. The molecule has 1 N–H and O–H groups in total. The summed E-state index contributed by atoms with van der Waals surface area (Å²) in [5.74, 6) is 0.892. The zero-order valence-corrected chi connectivity index (χ0v) is 18.1. The molecule has 0 bridgehead atoms. The van der Waals surface area contributed by atoms with Crippen LogP contribution in [-0.2, 0) is 9.59 Å². The van der Waals surface area contributed by atoms with Gasteiger partial charge in [0.2, 0.25) is 11.8 Å². The molecule has 0 atom stereocenters. The van der Waals surface area contributed by atoms with Crippen molar-refractivity contribution >= 4 is 17.6 Å². The number of carbonyl (C=O) groups excluding carboxylic acids is 2. The van der Waals surface area contributed by atoms with Crippen molar-refractivity contribution in [2.24, 2.45) is 0 Å². The van der Waals surface area contributed by atoms with E-state index < -0.39 is 0 Å². The maximum Gasteiger partial charge on any atom is 0.245 e. The SMILES string of the molecule is CCCCCCCCCC(=O)N(CCCCCC)CC(=O)Nc1cc(C)on1. The van der Waals surface area contributed by atoms with E-state index in [-0.39, 0.29) is 18.4 Å². The fourth-order valence-corrected chi connectivity index (χ4v) is 3.19. The largest absolute Gasteiger partial charge is 0.360 e. The minimum absolute atomic E-state index is 0.0768. The van der Waals surface area contributed by atoms with Gasteiger partial charge in [0.1, 0.15) is 5.76 Å². The number of hydrogen-bond donors (Lipinski definition) is 1. The van der Waals surface area contributed by atoms with E-state index in [4.69, 9.17) is 4.52 Å². The predicted octanol–water partition coefficient (Wildman–Crippen LogP) is 5.47. The van der Waals surface area contributed by atoms with E-state index in [1.807, 2.05) is 0 Å². The number of aromatic nitrogens is 1. The topological polar surface area (TPSA) is 75.4 Å². The molecule has 0 aliphatic heterocycles. The predicted molar refractivity (Wildman–Crippen MR) is 113 cm³/mol. The van der Waals surface area contributed by atoms with Gasteiger partial charge in [0.25, 0.3) is 0 Å².